The van der Waals surface area contributed by atoms with Crippen molar-refractivity contribution in [2.45, 2.75) is 30.7 Å². The van der Waals surface area contributed by atoms with Crippen molar-refractivity contribution in [3.63, 3.8) is 0 Å². The smallest absolute Gasteiger partial charge is 0.328 e. The maximum Gasteiger partial charge on any atom is 0.328 e. The predicted octanol–water partition coefficient (Wildman–Crippen LogP) is 3.75. The number of β-amino-alcohol motifs (C(OH)–C–C–N with tert-alkyl or cyclic N) is 1. The Hall–Kier alpha value is -3.48. The Morgan fingerprint density at radius 3 is 2.44 bits per heavy atom. The third kappa shape index (κ3) is 9.65. The molecule has 2 aliphatic heterocycles. The van der Waals surface area contributed by atoms with Crippen molar-refractivity contribution < 1.29 is 38.4 Å². The summed E-state index contributed by atoms with van der Waals surface area (Å²) in [5.74, 6) is -3.22. The number of rotatable bonds is 8. The lowest BCUT2D eigenvalue weighted by Gasteiger charge is -2.39. The Morgan fingerprint density at radius 1 is 1.13 bits per heavy atom. The molecule has 210 valence electrons. The van der Waals surface area contributed by atoms with E-state index in [0.717, 1.165) is 54.7 Å². The molecule has 0 unspecified atom stereocenters. The van der Waals surface area contributed by atoms with Crippen LogP contribution in [0.25, 0.3) is 0 Å². The molecule has 4 rings (SSSR count). The van der Waals surface area contributed by atoms with Gasteiger partial charge in [0.05, 0.1) is 5.69 Å². The second kappa shape index (κ2) is 14.6. The zero-order valence-electron chi connectivity index (χ0n) is 21.4. The van der Waals surface area contributed by atoms with Gasteiger partial charge >= 0.3 is 11.9 Å². The van der Waals surface area contributed by atoms with Crippen LogP contribution in [0.2, 0.25) is 0 Å². The highest BCUT2D eigenvalue weighted by Gasteiger charge is 2.27. The molecule has 3 N–H and O–H groups in total. The maximum absolute atomic E-state index is 13.2. The highest BCUT2D eigenvalue weighted by molar-refractivity contribution is 8.13. The SMILES string of the molecule is CN(C1=Nc2ccccc2CS1)C1CCN(C[C@@H](O)COc2ccc(F)c(F)c2)CC1.O=C(O)C=CC(=O)O. The lowest BCUT2D eigenvalue weighted by atomic mass is 10.0. The first-order valence-corrected chi connectivity index (χ1v) is 13.3. The molecule has 39 heavy (non-hydrogen) atoms. The number of carbonyl (C=O) groups is 2. The summed E-state index contributed by atoms with van der Waals surface area (Å²) in [6.45, 7) is 2.29. The molecule has 2 aromatic rings. The molecule has 0 aromatic heterocycles. The van der Waals surface area contributed by atoms with Crippen molar-refractivity contribution in [3.8, 4) is 5.75 Å². The largest absolute Gasteiger partial charge is 0.491 e. The number of para-hydroxylation sites is 1. The summed E-state index contributed by atoms with van der Waals surface area (Å²) >= 11 is 1.78. The van der Waals surface area contributed by atoms with Crippen molar-refractivity contribution >= 4 is 34.6 Å². The van der Waals surface area contributed by atoms with Gasteiger partial charge in [0.2, 0.25) is 0 Å². The maximum atomic E-state index is 13.2. The Morgan fingerprint density at radius 2 is 1.79 bits per heavy atom. The normalized spacial score (nSPS) is 16.5. The first kappa shape index (κ1) is 30.1. The average Bonchev–Trinajstić information content (AvgIpc) is 2.92. The van der Waals surface area contributed by atoms with Crippen LogP contribution in [0.4, 0.5) is 14.5 Å². The Labute approximate surface area is 229 Å². The van der Waals surface area contributed by atoms with Gasteiger partial charge in [0.25, 0.3) is 0 Å². The average molecular weight is 564 g/mol. The molecule has 0 saturated carbocycles. The fourth-order valence-corrected chi connectivity index (χ4v) is 5.14. The van der Waals surface area contributed by atoms with Gasteiger partial charge in [-0.2, -0.15) is 0 Å². The van der Waals surface area contributed by atoms with E-state index in [1.54, 1.807) is 11.8 Å². The highest BCUT2D eigenvalue weighted by atomic mass is 32.2. The first-order chi connectivity index (χ1) is 18.6. The number of carboxylic acids is 2. The van der Waals surface area contributed by atoms with Crippen LogP contribution >= 0.6 is 11.8 Å². The topological polar surface area (TPSA) is 123 Å². The van der Waals surface area contributed by atoms with E-state index in [0.29, 0.717) is 24.7 Å². The van der Waals surface area contributed by atoms with Crippen molar-refractivity contribution in [1.29, 1.82) is 0 Å². The minimum atomic E-state index is -1.26. The van der Waals surface area contributed by atoms with Crippen LogP contribution in [0.5, 0.6) is 5.75 Å². The van der Waals surface area contributed by atoms with E-state index in [4.69, 9.17) is 19.9 Å². The van der Waals surface area contributed by atoms with Gasteiger partial charge in [-0.15, -0.1) is 0 Å². The zero-order valence-corrected chi connectivity index (χ0v) is 22.2. The number of aliphatic imine (C=N–C) groups is 1. The van der Waals surface area contributed by atoms with Crippen molar-refractivity contribution in [1.82, 2.24) is 9.80 Å². The number of benzene rings is 2. The number of hydrogen-bond acceptors (Lipinski definition) is 8. The third-order valence-electron chi connectivity index (χ3n) is 6.14. The van der Waals surface area contributed by atoms with Gasteiger partial charge in [-0.25, -0.2) is 23.4 Å². The van der Waals surface area contributed by atoms with Crippen molar-refractivity contribution in [3.05, 3.63) is 71.8 Å². The number of nitrogens with zero attached hydrogens (tertiary/aromatic N) is 3. The quantitative estimate of drug-likeness (QED) is 0.412. The summed E-state index contributed by atoms with van der Waals surface area (Å²) in [4.78, 5) is 28.5. The number of thioether (sulfide) groups is 1. The van der Waals surface area contributed by atoms with Crippen molar-refractivity contribution in [2.24, 2.45) is 4.99 Å². The number of ether oxygens (including phenoxy) is 1. The number of aliphatic hydroxyl groups excluding tert-OH is 1. The lowest BCUT2D eigenvalue weighted by Crippen LogP contribution is -2.47. The summed E-state index contributed by atoms with van der Waals surface area (Å²) < 4.78 is 31.6. The van der Waals surface area contributed by atoms with Crippen LogP contribution in [-0.4, -0.2) is 87.7 Å². The van der Waals surface area contributed by atoms with Gasteiger partial charge in [0.1, 0.15) is 18.5 Å². The number of aliphatic hydroxyl groups is 1. The third-order valence-corrected chi connectivity index (χ3v) is 7.23. The number of amidine groups is 1. The minimum Gasteiger partial charge on any atom is -0.491 e. The van der Waals surface area contributed by atoms with Crippen LogP contribution < -0.4 is 4.74 Å². The second-order valence-corrected chi connectivity index (χ2v) is 9.95. The predicted molar refractivity (Wildman–Crippen MR) is 144 cm³/mol. The van der Waals surface area contributed by atoms with Gasteiger partial charge in [0, 0.05) is 56.7 Å². The molecule has 1 fully saturated rings. The Kier molecular flexibility index (Phi) is 11.3. The number of hydrogen-bond donors (Lipinski definition) is 3. The van der Waals surface area contributed by atoms with Crippen LogP contribution in [-0.2, 0) is 15.3 Å². The molecule has 1 saturated heterocycles. The van der Waals surface area contributed by atoms with Crippen LogP contribution in [0, 0.1) is 11.6 Å². The summed E-state index contributed by atoms with van der Waals surface area (Å²) in [5.41, 5.74) is 2.34. The summed E-state index contributed by atoms with van der Waals surface area (Å²) in [7, 11) is 2.12. The fraction of sp³-hybridized carbons (Fsp3) is 0.370. The molecule has 0 aliphatic carbocycles. The molecular weight excluding hydrogens is 532 g/mol. The Balaban J connectivity index is 0.000000459. The monoisotopic (exact) mass is 563 g/mol. The van der Waals surface area contributed by atoms with Crippen molar-refractivity contribution in [2.75, 3.05) is 33.3 Å². The molecule has 2 heterocycles. The first-order valence-electron chi connectivity index (χ1n) is 12.3. The summed E-state index contributed by atoms with van der Waals surface area (Å²) in [6, 6.07) is 12.1. The van der Waals surface area contributed by atoms with E-state index in [9.17, 15) is 23.5 Å². The van der Waals surface area contributed by atoms with Crippen LogP contribution in [0.1, 0.15) is 18.4 Å². The molecular formula is C27H31F2N3O6S. The van der Waals surface area contributed by atoms with Gasteiger partial charge < -0.3 is 29.9 Å². The molecule has 0 spiro atoms. The number of likely N-dealkylation sites (tertiary alicyclic amines) is 1. The molecule has 2 aliphatic rings. The molecule has 12 heteroatoms. The highest BCUT2D eigenvalue weighted by Crippen LogP contribution is 2.33. The number of carboxylic acid groups (broad SMARTS) is 2. The molecule has 1 atom stereocenters. The second-order valence-electron chi connectivity index (χ2n) is 9.01. The Bertz CT molecular complexity index is 1190. The molecule has 0 amide bonds. The molecule has 0 radical (unpaired) electrons. The van der Waals surface area contributed by atoms with E-state index < -0.39 is 29.7 Å². The van der Waals surface area contributed by atoms with E-state index in [-0.39, 0.29) is 12.4 Å². The molecule has 9 nitrogen and oxygen atoms in total. The van der Waals surface area contributed by atoms with Gasteiger partial charge in [-0.1, -0.05) is 30.0 Å². The fourth-order valence-electron chi connectivity index (χ4n) is 4.10. The van der Waals surface area contributed by atoms with E-state index in [2.05, 4.69) is 35.0 Å². The van der Waals surface area contributed by atoms with E-state index >= 15 is 0 Å². The van der Waals surface area contributed by atoms with E-state index in [1.807, 2.05) is 6.07 Å². The summed E-state index contributed by atoms with van der Waals surface area (Å²) in [5, 5.41) is 27.0. The standard InChI is InChI=1S/C23H27F2N3O2S.C4H4O4/c1-27(23-26-22-5-3-2-4-16(22)15-31-23)17-8-10-28(11-9-17)13-18(29)14-30-19-6-7-20(24)21(25)12-19;5-3(6)1-2-4(7)8/h2-7,12,17-18,29H,8-11,13-15H2,1H3;1-2H,(H,5,6)(H,7,8)/t18-;/m1./s1. The number of aliphatic carboxylic acids is 2. The lowest BCUT2D eigenvalue weighted by molar-refractivity contribution is -0.134. The minimum absolute atomic E-state index is 0.0394. The van der Waals surface area contributed by atoms with Gasteiger partial charge in [0.15, 0.2) is 16.8 Å². The van der Waals surface area contributed by atoms with Crippen LogP contribution in [0.15, 0.2) is 59.6 Å². The summed E-state index contributed by atoms with van der Waals surface area (Å²) in [6.07, 6.45) is 2.41. The number of halogens is 2. The molecule has 2 aromatic carbocycles. The number of piperidine rings is 1. The zero-order chi connectivity index (χ0) is 28.4. The van der Waals surface area contributed by atoms with Crippen LogP contribution in [0.3, 0.4) is 0 Å². The van der Waals surface area contributed by atoms with Gasteiger partial charge in [-0.3, -0.25) is 0 Å². The number of fused-ring (bicyclic) bond motifs is 1. The van der Waals surface area contributed by atoms with Gasteiger partial charge in [-0.05, 0) is 36.6 Å². The molecule has 0 bridgehead atoms. The van der Waals surface area contributed by atoms with E-state index in [1.165, 1.54) is 11.6 Å².